The molecule has 2 aromatic rings. The lowest BCUT2D eigenvalue weighted by Gasteiger charge is -2.32. The van der Waals surface area contributed by atoms with Crippen molar-refractivity contribution in [1.29, 1.82) is 0 Å². The molecule has 4 nitrogen and oxygen atoms in total. The Kier molecular flexibility index (Phi) is 4.75. The number of rotatable bonds is 4. The molecule has 148 valence electrons. The predicted molar refractivity (Wildman–Crippen MR) is 107 cm³/mol. The minimum atomic E-state index is -0.524. The van der Waals surface area contributed by atoms with E-state index in [1.165, 1.54) is 17.2 Å². The van der Waals surface area contributed by atoms with Gasteiger partial charge in [0.2, 0.25) is 5.88 Å². The van der Waals surface area contributed by atoms with Crippen LogP contribution in [0.1, 0.15) is 51.3 Å². The van der Waals surface area contributed by atoms with Crippen molar-refractivity contribution in [2.45, 2.75) is 65.3 Å². The third-order valence-electron chi connectivity index (χ3n) is 6.17. The van der Waals surface area contributed by atoms with E-state index < -0.39 is 18.3 Å². The maximum absolute atomic E-state index is 14.4. The smallest absolute Gasteiger partial charge is 0.473 e. The number of ether oxygens (including phenoxy) is 1. The first kappa shape index (κ1) is 19.4. The SMILES string of the molecule is CC1Cc2cnc(OCc3cc(B4OC(C)(C)C(C)(C)O4)ccc3F)cc2C1. The first-order chi connectivity index (χ1) is 13.1. The van der Waals surface area contributed by atoms with Crippen molar-refractivity contribution in [1.82, 2.24) is 4.98 Å². The molecule has 1 aliphatic heterocycles. The first-order valence-electron chi connectivity index (χ1n) is 9.89. The van der Waals surface area contributed by atoms with Crippen LogP contribution < -0.4 is 10.2 Å². The Morgan fingerprint density at radius 2 is 1.79 bits per heavy atom. The zero-order valence-corrected chi connectivity index (χ0v) is 17.2. The number of nitrogens with zero attached hydrogens (tertiary/aromatic N) is 1. The Balaban J connectivity index is 1.49. The van der Waals surface area contributed by atoms with Crippen LogP contribution in [-0.4, -0.2) is 23.3 Å². The summed E-state index contributed by atoms with van der Waals surface area (Å²) in [6, 6.07) is 6.88. The van der Waals surface area contributed by atoms with Gasteiger partial charge in [0, 0.05) is 17.8 Å². The van der Waals surface area contributed by atoms with Crippen molar-refractivity contribution in [2.75, 3.05) is 0 Å². The Labute approximate surface area is 166 Å². The highest BCUT2D eigenvalue weighted by atomic mass is 19.1. The van der Waals surface area contributed by atoms with Gasteiger partial charge in [0.15, 0.2) is 0 Å². The highest BCUT2D eigenvalue weighted by Gasteiger charge is 2.51. The second kappa shape index (κ2) is 6.85. The van der Waals surface area contributed by atoms with Gasteiger partial charge in [0.05, 0.1) is 11.2 Å². The maximum Gasteiger partial charge on any atom is 0.494 e. The van der Waals surface area contributed by atoms with Gasteiger partial charge in [0.25, 0.3) is 0 Å². The van der Waals surface area contributed by atoms with Crippen molar-refractivity contribution in [3.05, 3.63) is 53.0 Å². The quantitative estimate of drug-likeness (QED) is 0.753. The molecule has 0 saturated carbocycles. The van der Waals surface area contributed by atoms with Crippen LogP contribution in [0.15, 0.2) is 30.5 Å². The van der Waals surface area contributed by atoms with E-state index in [2.05, 4.69) is 11.9 Å². The summed E-state index contributed by atoms with van der Waals surface area (Å²) in [7, 11) is -0.524. The van der Waals surface area contributed by atoms with Gasteiger partial charge in [-0.1, -0.05) is 19.1 Å². The molecule has 4 rings (SSSR count). The minimum absolute atomic E-state index is 0.112. The highest BCUT2D eigenvalue weighted by Crippen LogP contribution is 2.36. The fourth-order valence-corrected chi connectivity index (χ4v) is 3.76. The largest absolute Gasteiger partial charge is 0.494 e. The molecule has 2 aliphatic rings. The van der Waals surface area contributed by atoms with E-state index in [4.69, 9.17) is 14.0 Å². The highest BCUT2D eigenvalue weighted by molar-refractivity contribution is 6.62. The molecule has 1 atom stereocenters. The molecule has 0 amide bonds. The predicted octanol–water partition coefficient (Wildman–Crippen LogP) is 3.83. The zero-order chi connectivity index (χ0) is 20.1. The van der Waals surface area contributed by atoms with E-state index in [0.717, 1.165) is 18.3 Å². The Hall–Kier alpha value is -1.92. The number of fused-ring (bicyclic) bond motifs is 1. The normalized spacial score (nSPS) is 22.4. The van der Waals surface area contributed by atoms with E-state index in [9.17, 15) is 4.39 Å². The summed E-state index contributed by atoms with van der Waals surface area (Å²) >= 11 is 0. The molecule has 0 spiro atoms. The summed E-state index contributed by atoms with van der Waals surface area (Å²) in [4.78, 5) is 4.37. The lowest BCUT2D eigenvalue weighted by atomic mass is 9.78. The van der Waals surface area contributed by atoms with Gasteiger partial charge in [-0.05, 0) is 69.1 Å². The number of aromatic nitrogens is 1. The van der Waals surface area contributed by atoms with Gasteiger partial charge in [0.1, 0.15) is 12.4 Å². The molecule has 1 aromatic carbocycles. The van der Waals surface area contributed by atoms with Crippen molar-refractivity contribution >= 4 is 12.6 Å². The van der Waals surface area contributed by atoms with Crippen molar-refractivity contribution in [3.8, 4) is 5.88 Å². The van der Waals surface area contributed by atoms with Crippen LogP contribution in [0.25, 0.3) is 0 Å². The Bertz CT molecular complexity index is 883. The van der Waals surface area contributed by atoms with E-state index in [-0.39, 0.29) is 12.4 Å². The lowest BCUT2D eigenvalue weighted by Crippen LogP contribution is -2.41. The third kappa shape index (κ3) is 3.56. The molecule has 1 saturated heterocycles. The second-order valence-corrected chi connectivity index (χ2v) is 9.03. The van der Waals surface area contributed by atoms with Crippen LogP contribution in [-0.2, 0) is 28.8 Å². The number of benzene rings is 1. The van der Waals surface area contributed by atoms with Gasteiger partial charge in [-0.3, -0.25) is 0 Å². The zero-order valence-electron chi connectivity index (χ0n) is 17.2. The summed E-state index contributed by atoms with van der Waals surface area (Å²) in [6.45, 7) is 10.3. The molecule has 6 heteroatoms. The van der Waals surface area contributed by atoms with Gasteiger partial charge in [-0.25, -0.2) is 9.37 Å². The standard InChI is InChI=1S/C22H27BFNO3/c1-14-8-15-11-20(25-12-16(15)9-14)26-13-17-10-18(6-7-19(17)24)23-27-21(2,3)22(4,5)28-23/h6-7,10-12,14H,8-9,13H2,1-5H3. The van der Waals surface area contributed by atoms with E-state index in [0.29, 0.717) is 17.4 Å². The van der Waals surface area contributed by atoms with E-state index >= 15 is 0 Å². The van der Waals surface area contributed by atoms with E-state index in [1.54, 1.807) is 12.1 Å². The molecule has 1 fully saturated rings. The van der Waals surface area contributed by atoms with Crippen molar-refractivity contribution < 1.29 is 18.4 Å². The molecule has 0 radical (unpaired) electrons. The van der Waals surface area contributed by atoms with Crippen LogP contribution in [0.2, 0.25) is 0 Å². The summed E-state index contributed by atoms with van der Waals surface area (Å²) in [5, 5.41) is 0. The van der Waals surface area contributed by atoms with Gasteiger partial charge < -0.3 is 14.0 Å². The average Bonchev–Trinajstić information content (AvgIpc) is 3.08. The van der Waals surface area contributed by atoms with E-state index in [1.807, 2.05) is 40.0 Å². The van der Waals surface area contributed by atoms with Gasteiger partial charge >= 0.3 is 7.12 Å². The summed E-state index contributed by atoms with van der Waals surface area (Å²) in [6.07, 6.45) is 3.98. The number of halogens is 1. The third-order valence-corrected chi connectivity index (χ3v) is 6.17. The average molecular weight is 383 g/mol. The van der Waals surface area contributed by atoms with Crippen molar-refractivity contribution in [3.63, 3.8) is 0 Å². The molecule has 0 N–H and O–H groups in total. The molecule has 2 heterocycles. The van der Waals surface area contributed by atoms with Crippen LogP contribution >= 0.6 is 0 Å². The summed E-state index contributed by atoms with van der Waals surface area (Å²) in [5.74, 6) is 0.865. The Morgan fingerprint density at radius 3 is 2.50 bits per heavy atom. The topological polar surface area (TPSA) is 40.6 Å². The lowest BCUT2D eigenvalue weighted by molar-refractivity contribution is 0.00578. The summed E-state index contributed by atoms with van der Waals surface area (Å²) < 4.78 is 32.3. The van der Waals surface area contributed by atoms with Gasteiger partial charge in [-0.2, -0.15) is 0 Å². The number of hydrogen-bond acceptors (Lipinski definition) is 4. The summed E-state index contributed by atoms with van der Waals surface area (Å²) in [5.41, 5.74) is 2.94. The molecule has 1 aliphatic carbocycles. The minimum Gasteiger partial charge on any atom is -0.473 e. The fraction of sp³-hybridized carbons (Fsp3) is 0.500. The second-order valence-electron chi connectivity index (χ2n) is 9.03. The molecule has 28 heavy (non-hydrogen) atoms. The Morgan fingerprint density at radius 1 is 1.11 bits per heavy atom. The van der Waals surface area contributed by atoms with Gasteiger partial charge in [-0.15, -0.1) is 0 Å². The van der Waals surface area contributed by atoms with Crippen LogP contribution in [0.3, 0.4) is 0 Å². The van der Waals surface area contributed by atoms with Crippen LogP contribution in [0.4, 0.5) is 4.39 Å². The fourth-order valence-electron chi connectivity index (χ4n) is 3.76. The van der Waals surface area contributed by atoms with Crippen molar-refractivity contribution in [2.24, 2.45) is 5.92 Å². The number of hydrogen-bond donors (Lipinski definition) is 0. The first-order valence-corrected chi connectivity index (χ1v) is 9.89. The molecule has 0 bridgehead atoms. The van der Waals surface area contributed by atoms with Crippen LogP contribution in [0.5, 0.6) is 5.88 Å². The molecule has 1 aromatic heterocycles. The molecular formula is C22H27BFNO3. The molecule has 1 unspecified atom stereocenters. The monoisotopic (exact) mass is 383 g/mol. The molecular weight excluding hydrogens is 356 g/mol. The number of pyridine rings is 1. The van der Waals surface area contributed by atoms with Crippen LogP contribution in [0, 0.1) is 11.7 Å². The maximum atomic E-state index is 14.4.